The van der Waals surface area contributed by atoms with E-state index in [0.29, 0.717) is 28.0 Å². The second kappa shape index (κ2) is 4.53. The Balaban J connectivity index is 2.36. The third-order valence-electron chi connectivity index (χ3n) is 2.99. The molecule has 3 rings (SSSR count). The first-order chi connectivity index (χ1) is 9.35. The van der Waals surface area contributed by atoms with E-state index in [1.54, 1.807) is 13.3 Å². The summed E-state index contributed by atoms with van der Waals surface area (Å²) in [6, 6.07) is 7.55. The lowest BCUT2D eigenvalue weighted by Gasteiger charge is -2.08. The van der Waals surface area contributed by atoms with Crippen LogP contribution < -0.4 is 4.74 Å². The van der Waals surface area contributed by atoms with Gasteiger partial charge in [-0.25, -0.2) is 9.97 Å². The topological polar surface area (TPSA) is 67.9 Å². The van der Waals surface area contributed by atoms with Crippen molar-refractivity contribution in [2.45, 2.75) is 0 Å². The molecule has 19 heavy (non-hydrogen) atoms. The number of hydrogen-bond acceptors (Lipinski definition) is 4. The van der Waals surface area contributed by atoms with Crippen molar-refractivity contribution in [2.24, 2.45) is 0 Å². The lowest BCUT2D eigenvalue weighted by atomic mass is 10.1. The number of hydrogen-bond donors (Lipinski definition) is 1. The van der Waals surface area contributed by atoms with Gasteiger partial charge in [-0.3, -0.25) is 4.79 Å². The summed E-state index contributed by atoms with van der Waals surface area (Å²) < 4.78 is 5.34. The van der Waals surface area contributed by atoms with Gasteiger partial charge in [-0.2, -0.15) is 0 Å². The molecule has 1 aromatic carbocycles. The van der Waals surface area contributed by atoms with Gasteiger partial charge in [-0.1, -0.05) is 12.1 Å². The Morgan fingerprint density at radius 2 is 2.11 bits per heavy atom. The number of aromatic amines is 1. The number of para-hydroxylation sites is 1. The van der Waals surface area contributed by atoms with Gasteiger partial charge in [0.25, 0.3) is 0 Å². The molecule has 0 aliphatic heterocycles. The number of ether oxygens (including phenoxy) is 1. The van der Waals surface area contributed by atoms with E-state index in [-0.39, 0.29) is 0 Å². The number of benzene rings is 1. The van der Waals surface area contributed by atoms with Gasteiger partial charge in [-0.15, -0.1) is 0 Å². The van der Waals surface area contributed by atoms with Gasteiger partial charge in [0.2, 0.25) is 0 Å². The summed E-state index contributed by atoms with van der Waals surface area (Å²) in [6.45, 7) is 0. The van der Waals surface area contributed by atoms with Crippen LogP contribution >= 0.6 is 0 Å². The molecule has 1 N–H and O–H groups in total. The minimum absolute atomic E-state index is 0.538. The molecule has 2 aromatic heterocycles. The summed E-state index contributed by atoms with van der Waals surface area (Å²) in [4.78, 5) is 22.5. The molecule has 3 aromatic rings. The normalized spacial score (nSPS) is 10.6. The van der Waals surface area contributed by atoms with Crippen LogP contribution in [-0.4, -0.2) is 28.3 Å². The molecule has 0 aliphatic rings. The van der Waals surface area contributed by atoms with Gasteiger partial charge in [0.05, 0.1) is 18.2 Å². The first-order valence-corrected chi connectivity index (χ1v) is 5.76. The predicted molar refractivity (Wildman–Crippen MR) is 71.3 cm³/mol. The van der Waals surface area contributed by atoms with Gasteiger partial charge in [0.1, 0.15) is 17.7 Å². The van der Waals surface area contributed by atoms with E-state index >= 15 is 0 Å². The van der Waals surface area contributed by atoms with E-state index in [9.17, 15) is 4.79 Å². The van der Waals surface area contributed by atoms with E-state index < -0.39 is 0 Å². The smallest absolute Gasteiger partial charge is 0.152 e. The van der Waals surface area contributed by atoms with Crippen molar-refractivity contribution >= 4 is 17.3 Å². The minimum Gasteiger partial charge on any atom is -0.496 e. The van der Waals surface area contributed by atoms with Crippen LogP contribution in [0.3, 0.4) is 0 Å². The van der Waals surface area contributed by atoms with Crippen LogP contribution in [0.15, 0.2) is 36.8 Å². The Morgan fingerprint density at radius 1 is 1.26 bits per heavy atom. The highest BCUT2D eigenvalue weighted by Gasteiger charge is 2.14. The fraction of sp³-hybridized carbons (Fsp3) is 0.0714. The van der Waals surface area contributed by atoms with Crippen molar-refractivity contribution in [1.82, 2.24) is 15.0 Å². The molecule has 0 radical (unpaired) electrons. The molecule has 0 saturated heterocycles. The van der Waals surface area contributed by atoms with Crippen LogP contribution in [0.4, 0.5) is 0 Å². The summed E-state index contributed by atoms with van der Waals surface area (Å²) in [5, 5.41) is 0.710. The summed E-state index contributed by atoms with van der Waals surface area (Å²) in [7, 11) is 1.61. The molecule has 0 saturated carbocycles. The zero-order valence-electron chi connectivity index (χ0n) is 10.3. The number of H-pyrrole nitrogens is 1. The minimum atomic E-state index is 0.538. The average molecular weight is 253 g/mol. The zero-order valence-corrected chi connectivity index (χ0v) is 10.3. The lowest BCUT2D eigenvalue weighted by Crippen LogP contribution is -1.93. The van der Waals surface area contributed by atoms with E-state index in [2.05, 4.69) is 15.0 Å². The maximum absolute atomic E-state index is 11.1. The number of nitrogens with zero attached hydrogens (tertiary/aromatic N) is 2. The third-order valence-corrected chi connectivity index (χ3v) is 2.99. The first kappa shape index (κ1) is 11.4. The molecule has 0 aliphatic carbocycles. The molecule has 0 atom stereocenters. The standard InChI is InChI=1S/C14H11N3O2/c1-19-11-5-3-2-4-10(11)13-12-9(7-18)6-15-14(12)17-8-16-13/h2-8H,1H3,(H,15,16,17). The van der Waals surface area contributed by atoms with Crippen LogP contribution in [0.2, 0.25) is 0 Å². The largest absolute Gasteiger partial charge is 0.496 e. The second-order valence-electron chi connectivity index (χ2n) is 4.01. The van der Waals surface area contributed by atoms with Gasteiger partial charge >= 0.3 is 0 Å². The van der Waals surface area contributed by atoms with Crippen LogP contribution in [-0.2, 0) is 0 Å². The predicted octanol–water partition coefficient (Wildman–Crippen LogP) is 2.45. The van der Waals surface area contributed by atoms with E-state index in [1.807, 2.05) is 24.3 Å². The van der Waals surface area contributed by atoms with Crippen LogP contribution in [0.25, 0.3) is 22.3 Å². The second-order valence-corrected chi connectivity index (χ2v) is 4.01. The molecule has 0 fully saturated rings. The fourth-order valence-electron chi connectivity index (χ4n) is 2.12. The summed E-state index contributed by atoms with van der Waals surface area (Å²) >= 11 is 0. The molecule has 94 valence electrons. The van der Waals surface area contributed by atoms with Crippen molar-refractivity contribution < 1.29 is 9.53 Å². The maximum atomic E-state index is 11.1. The number of methoxy groups -OCH3 is 1. The van der Waals surface area contributed by atoms with Crippen molar-refractivity contribution in [3.8, 4) is 17.0 Å². The van der Waals surface area contributed by atoms with E-state index in [4.69, 9.17) is 4.74 Å². The Morgan fingerprint density at radius 3 is 2.89 bits per heavy atom. The number of nitrogens with one attached hydrogen (secondary N) is 1. The fourth-order valence-corrected chi connectivity index (χ4v) is 2.12. The number of carbonyl (C=O) groups is 1. The van der Waals surface area contributed by atoms with E-state index in [1.165, 1.54) is 6.33 Å². The highest BCUT2D eigenvalue weighted by Crippen LogP contribution is 2.33. The SMILES string of the molecule is COc1ccccc1-c1ncnc2[nH]cc(C=O)c12. The average Bonchev–Trinajstić information content (AvgIpc) is 2.90. The Kier molecular flexibility index (Phi) is 2.72. The number of aromatic nitrogens is 3. The van der Waals surface area contributed by atoms with Crippen LogP contribution in [0.1, 0.15) is 10.4 Å². The lowest BCUT2D eigenvalue weighted by molar-refractivity contribution is 0.112. The van der Waals surface area contributed by atoms with Crippen LogP contribution in [0, 0.1) is 0 Å². The molecular formula is C14H11N3O2. The molecule has 5 nitrogen and oxygen atoms in total. The molecular weight excluding hydrogens is 242 g/mol. The summed E-state index contributed by atoms with van der Waals surface area (Å²) in [5.74, 6) is 0.709. The molecule has 0 amide bonds. The Hall–Kier alpha value is -2.69. The van der Waals surface area contributed by atoms with Gasteiger partial charge in [-0.05, 0) is 12.1 Å². The molecule has 5 heteroatoms. The molecule has 0 bridgehead atoms. The third kappa shape index (κ3) is 1.76. The summed E-state index contributed by atoms with van der Waals surface area (Å²) in [5.41, 5.74) is 2.69. The van der Waals surface area contributed by atoms with Crippen molar-refractivity contribution in [1.29, 1.82) is 0 Å². The van der Waals surface area contributed by atoms with Crippen molar-refractivity contribution in [3.05, 3.63) is 42.4 Å². The highest BCUT2D eigenvalue weighted by molar-refractivity contribution is 6.03. The first-order valence-electron chi connectivity index (χ1n) is 5.76. The van der Waals surface area contributed by atoms with Crippen molar-refractivity contribution in [2.75, 3.05) is 7.11 Å². The number of carbonyl (C=O) groups excluding carboxylic acids is 1. The molecule has 0 spiro atoms. The monoisotopic (exact) mass is 253 g/mol. The van der Waals surface area contributed by atoms with Crippen molar-refractivity contribution in [3.63, 3.8) is 0 Å². The van der Waals surface area contributed by atoms with Gasteiger partial charge in [0, 0.05) is 17.3 Å². The maximum Gasteiger partial charge on any atom is 0.152 e. The highest BCUT2D eigenvalue weighted by atomic mass is 16.5. The van der Waals surface area contributed by atoms with Crippen LogP contribution in [0.5, 0.6) is 5.75 Å². The molecule has 0 unspecified atom stereocenters. The van der Waals surface area contributed by atoms with E-state index in [0.717, 1.165) is 11.8 Å². The van der Waals surface area contributed by atoms with Gasteiger partial charge in [0.15, 0.2) is 6.29 Å². The molecule has 2 heterocycles. The zero-order chi connectivity index (χ0) is 13.2. The Labute approximate surface area is 109 Å². The number of aldehydes is 1. The summed E-state index contributed by atoms with van der Waals surface area (Å²) in [6.07, 6.45) is 3.89. The quantitative estimate of drug-likeness (QED) is 0.728. The number of fused-ring (bicyclic) bond motifs is 1. The Bertz CT molecular complexity index is 749. The van der Waals surface area contributed by atoms with Gasteiger partial charge < -0.3 is 9.72 Å². The number of rotatable bonds is 3.